The number of nitrogens with zero attached hydrogens (tertiary/aromatic N) is 2. The van der Waals surface area contributed by atoms with Crippen molar-refractivity contribution in [3.05, 3.63) is 34.3 Å². The number of aromatic nitrogens is 2. The fourth-order valence-electron chi connectivity index (χ4n) is 2.22. The van der Waals surface area contributed by atoms with Crippen LogP contribution in [0.15, 0.2) is 18.2 Å². The standard InChI is InChI=1S/C14H17N3OS/c1-3-15-9(2)13-16-17-14(19-13)10-4-5-11-7-18-8-12(11)6-10/h4-6,9,15H,3,7-8H2,1-2H3. The van der Waals surface area contributed by atoms with Gasteiger partial charge in [0.25, 0.3) is 0 Å². The Hall–Kier alpha value is -1.30. The van der Waals surface area contributed by atoms with E-state index in [1.165, 1.54) is 11.1 Å². The van der Waals surface area contributed by atoms with Gasteiger partial charge in [0.15, 0.2) is 0 Å². The van der Waals surface area contributed by atoms with E-state index in [2.05, 4.69) is 47.6 Å². The van der Waals surface area contributed by atoms with Crippen molar-refractivity contribution in [3.8, 4) is 10.6 Å². The quantitative estimate of drug-likeness (QED) is 0.932. The second-order valence-corrected chi connectivity index (χ2v) is 5.71. The first-order valence-corrected chi connectivity index (χ1v) is 7.36. The Bertz CT molecular complexity index is 582. The van der Waals surface area contributed by atoms with Crippen molar-refractivity contribution < 1.29 is 4.74 Å². The van der Waals surface area contributed by atoms with Gasteiger partial charge >= 0.3 is 0 Å². The third kappa shape index (κ3) is 2.54. The van der Waals surface area contributed by atoms with Crippen LogP contribution < -0.4 is 5.32 Å². The van der Waals surface area contributed by atoms with Gasteiger partial charge in [0, 0.05) is 5.56 Å². The molecule has 2 heterocycles. The lowest BCUT2D eigenvalue weighted by atomic mass is 10.1. The summed E-state index contributed by atoms with van der Waals surface area (Å²) in [4.78, 5) is 0. The summed E-state index contributed by atoms with van der Waals surface area (Å²) in [6, 6.07) is 6.67. The molecule has 1 atom stereocenters. The average molecular weight is 275 g/mol. The van der Waals surface area contributed by atoms with E-state index in [0.717, 1.165) is 28.7 Å². The molecule has 1 aliphatic heterocycles. The minimum Gasteiger partial charge on any atom is -0.372 e. The Morgan fingerprint density at radius 2 is 2.16 bits per heavy atom. The zero-order valence-electron chi connectivity index (χ0n) is 11.1. The largest absolute Gasteiger partial charge is 0.372 e. The molecule has 1 aromatic carbocycles. The maximum atomic E-state index is 5.44. The maximum Gasteiger partial charge on any atom is 0.147 e. The second kappa shape index (κ2) is 5.36. The molecule has 1 N–H and O–H groups in total. The fourth-order valence-corrected chi connectivity index (χ4v) is 3.09. The van der Waals surface area contributed by atoms with Gasteiger partial charge in [0.2, 0.25) is 0 Å². The van der Waals surface area contributed by atoms with Crippen molar-refractivity contribution >= 4 is 11.3 Å². The predicted octanol–water partition coefficient (Wildman–Crippen LogP) is 2.91. The number of nitrogens with one attached hydrogen (secondary N) is 1. The number of fused-ring (bicyclic) bond motifs is 1. The third-order valence-electron chi connectivity index (χ3n) is 3.29. The molecule has 0 amide bonds. The Kier molecular flexibility index (Phi) is 3.59. The van der Waals surface area contributed by atoms with Crippen LogP contribution in [0, 0.1) is 0 Å². The zero-order valence-corrected chi connectivity index (χ0v) is 12.0. The van der Waals surface area contributed by atoms with Gasteiger partial charge in [-0.1, -0.05) is 30.4 Å². The summed E-state index contributed by atoms with van der Waals surface area (Å²) in [6.45, 7) is 6.59. The van der Waals surface area contributed by atoms with Crippen molar-refractivity contribution in [2.75, 3.05) is 6.54 Å². The molecule has 2 aromatic rings. The molecule has 19 heavy (non-hydrogen) atoms. The van der Waals surface area contributed by atoms with Crippen LogP contribution in [0.5, 0.6) is 0 Å². The fraction of sp³-hybridized carbons (Fsp3) is 0.429. The number of rotatable bonds is 4. The summed E-state index contributed by atoms with van der Waals surface area (Å²) < 4.78 is 5.44. The van der Waals surface area contributed by atoms with E-state index in [1.807, 2.05) is 0 Å². The molecule has 0 spiro atoms. The van der Waals surface area contributed by atoms with Gasteiger partial charge in [-0.25, -0.2) is 0 Å². The number of benzene rings is 1. The van der Waals surface area contributed by atoms with Crippen LogP contribution in [-0.4, -0.2) is 16.7 Å². The normalized spacial score (nSPS) is 15.5. The lowest BCUT2D eigenvalue weighted by molar-refractivity contribution is 0.134. The summed E-state index contributed by atoms with van der Waals surface area (Å²) in [5.74, 6) is 0. The molecule has 0 saturated carbocycles. The maximum absolute atomic E-state index is 5.44. The summed E-state index contributed by atoms with van der Waals surface area (Å²) in [6.07, 6.45) is 0. The van der Waals surface area contributed by atoms with Gasteiger partial charge in [-0.2, -0.15) is 0 Å². The van der Waals surface area contributed by atoms with Crippen molar-refractivity contribution in [2.45, 2.75) is 33.1 Å². The SMILES string of the molecule is CCNC(C)c1nnc(-c2ccc3c(c2)COC3)s1. The highest BCUT2D eigenvalue weighted by atomic mass is 32.1. The molecule has 0 radical (unpaired) electrons. The second-order valence-electron chi connectivity index (χ2n) is 4.70. The van der Waals surface area contributed by atoms with Gasteiger partial charge in [-0.05, 0) is 30.7 Å². The van der Waals surface area contributed by atoms with Gasteiger partial charge in [0.1, 0.15) is 10.0 Å². The monoisotopic (exact) mass is 275 g/mol. The van der Waals surface area contributed by atoms with Crippen LogP contribution in [-0.2, 0) is 18.0 Å². The van der Waals surface area contributed by atoms with Gasteiger partial charge in [-0.3, -0.25) is 0 Å². The first-order chi connectivity index (χ1) is 9.28. The lowest BCUT2D eigenvalue weighted by Crippen LogP contribution is -2.17. The molecule has 1 aromatic heterocycles. The Morgan fingerprint density at radius 3 is 3.00 bits per heavy atom. The molecule has 0 saturated heterocycles. The highest BCUT2D eigenvalue weighted by molar-refractivity contribution is 7.14. The predicted molar refractivity (Wildman–Crippen MR) is 75.9 cm³/mol. The molecule has 0 fully saturated rings. The van der Waals surface area contributed by atoms with E-state index in [4.69, 9.17) is 4.74 Å². The highest BCUT2D eigenvalue weighted by Gasteiger charge is 2.15. The molecular formula is C14H17N3OS. The van der Waals surface area contributed by atoms with Crippen molar-refractivity contribution in [3.63, 3.8) is 0 Å². The summed E-state index contributed by atoms with van der Waals surface area (Å²) in [7, 11) is 0. The van der Waals surface area contributed by atoms with Crippen LogP contribution in [0.25, 0.3) is 10.6 Å². The molecule has 5 heteroatoms. The average Bonchev–Trinajstić information content (AvgIpc) is 3.07. The van der Waals surface area contributed by atoms with E-state index in [1.54, 1.807) is 11.3 Å². The van der Waals surface area contributed by atoms with E-state index in [0.29, 0.717) is 6.61 Å². The van der Waals surface area contributed by atoms with Crippen LogP contribution in [0.3, 0.4) is 0 Å². The Balaban J connectivity index is 1.86. The molecule has 0 bridgehead atoms. The first kappa shape index (κ1) is 12.7. The van der Waals surface area contributed by atoms with E-state index in [9.17, 15) is 0 Å². The minimum absolute atomic E-state index is 0.258. The molecule has 3 rings (SSSR count). The Morgan fingerprint density at radius 1 is 1.32 bits per heavy atom. The summed E-state index contributed by atoms with van der Waals surface area (Å²) in [5, 5.41) is 14.0. The molecule has 1 unspecified atom stereocenters. The molecule has 1 aliphatic rings. The van der Waals surface area contributed by atoms with Crippen molar-refractivity contribution in [1.29, 1.82) is 0 Å². The molecule has 100 valence electrons. The van der Waals surface area contributed by atoms with Crippen LogP contribution in [0.2, 0.25) is 0 Å². The van der Waals surface area contributed by atoms with Gasteiger partial charge in [0.05, 0.1) is 19.3 Å². The van der Waals surface area contributed by atoms with Crippen LogP contribution in [0.4, 0.5) is 0 Å². The summed E-state index contributed by atoms with van der Waals surface area (Å²) in [5.41, 5.74) is 3.69. The minimum atomic E-state index is 0.258. The van der Waals surface area contributed by atoms with Gasteiger partial charge < -0.3 is 10.1 Å². The number of ether oxygens (including phenoxy) is 1. The van der Waals surface area contributed by atoms with Gasteiger partial charge in [-0.15, -0.1) is 10.2 Å². The van der Waals surface area contributed by atoms with E-state index < -0.39 is 0 Å². The van der Waals surface area contributed by atoms with Crippen molar-refractivity contribution in [1.82, 2.24) is 15.5 Å². The number of hydrogen-bond donors (Lipinski definition) is 1. The lowest BCUT2D eigenvalue weighted by Gasteiger charge is -2.06. The van der Waals surface area contributed by atoms with Crippen LogP contribution in [0.1, 0.15) is 36.0 Å². The number of hydrogen-bond acceptors (Lipinski definition) is 5. The third-order valence-corrected chi connectivity index (χ3v) is 4.44. The van der Waals surface area contributed by atoms with Crippen molar-refractivity contribution in [2.24, 2.45) is 0 Å². The van der Waals surface area contributed by atoms with E-state index >= 15 is 0 Å². The molecule has 0 aliphatic carbocycles. The summed E-state index contributed by atoms with van der Waals surface area (Å²) >= 11 is 1.65. The molecular weight excluding hydrogens is 258 g/mol. The zero-order chi connectivity index (χ0) is 13.2. The highest BCUT2D eigenvalue weighted by Crippen LogP contribution is 2.30. The van der Waals surface area contributed by atoms with Crippen LogP contribution >= 0.6 is 11.3 Å². The smallest absolute Gasteiger partial charge is 0.147 e. The molecule has 4 nitrogen and oxygen atoms in total. The Labute approximate surface area is 116 Å². The topological polar surface area (TPSA) is 47.0 Å². The van der Waals surface area contributed by atoms with E-state index in [-0.39, 0.29) is 6.04 Å². The first-order valence-electron chi connectivity index (χ1n) is 6.54.